The lowest BCUT2D eigenvalue weighted by molar-refractivity contribution is -0.122. The minimum Gasteiger partial charge on any atom is -0.297 e. The van der Waals surface area contributed by atoms with E-state index in [1.807, 2.05) is 19.2 Å². The number of carbonyl (C=O) groups excluding carboxylic acids is 1. The molecule has 0 aliphatic rings. The summed E-state index contributed by atoms with van der Waals surface area (Å²) in [6, 6.07) is 1.80. The van der Waals surface area contributed by atoms with Gasteiger partial charge in [-0.25, -0.2) is 4.98 Å². The SMILES string of the molecule is CC(C)C(=O)Cn1cnc2ccsc2c1=O. The van der Waals surface area contributed by atoms with Crippen molar-refractivity contribution in [3.63, 3.8) is 0 Å². The molecule has 0 fully saturated rings. The van der Waals surface area contributed by atoms with Crippen LogP contribution in [0.2, 0.25) is 0 Å². The van der Waals surface area contributed by atoms with Crippen molar-refractivity contribution >= 4 is 27.3 Å². The number of nitrogens with zero attached hydrogens (tertiary/aromatic N) is 2. The third-order valence-corrected chi connectivity index (χ3v) is 3.30. The molecule has 2 aromatic rings. The van der Waals surface area contributed by atoms with E-state index in [1.165, 1.54) is 22.2 Å². The number of hydrogen-bond acceptors (Lipinski definition) is 4. The van der Waals surface area contributed by atoms with Gasteiger partial charge in [-0.1, -0.05) is 13.8 Å². The summed E-state index contributed by atoms with van der Waals surface area (Å²) in [7, 11) is 0. The fourth-order valence-corrected chi connectivity index (χ4v) is 2.13. The highest BCUT2D eigenvalue weighted by molar-refractivity contribution is 7.17. The van der Waals surface area contributed by atoms with Gasteiger partial charge >= 0.3 is 0 Å². The molecular weight excluding hydrogens is 224 g/mol. The maximum Gasteiger partial charge on any atom is 0.271 e. The van der Waals surface area contributed by atoms with E-state index in [9.17, 15) is 9.59 Å². The Kier molecular flexibility index (Phi) is 2.87. The number of rotatable bonds is 3. The van der Waals surface area contributed by atoms with Gasteiger partial charge < -0.3 is 0 Å². The van der Waals surface area contributed by atoms with E-state index in [2.05, 4.69) is 4.98 Å². The lowest BCUT2D eigenvalue weighted by atomic mass is 10.1. The lowest BCUT2D eigenvalue weighted by Gasteiger charge is -2.06. The fourth-order valence-electron chi connectivity index (χ4n) is 1.34. The van der Waals surface area contributed by atoms with Crippen molar-refractivity contribution in [2.45, 2.75) is 20.4 Å². The Labute approximate surface area is 96.6 Å². The third kappa shape index (κ3) is 1.90. The van der Waals surface area contributed by atoms with Crippen LogP contribution < -0.4 is 5.56 Å². The Morgan fingerprint density at radius 2 is 2.31 bits per heavy atom. The van der Waals surface area contributed by atoms with Crippen LogP contribution in [0.5, 0.6) is 0 Å². The molecule has 0 radical (unpaired) electrons. The largest absolute Gasteiger partial charge is 0.297 e. The molecule has 16 heavy (non-hydrogen) atoms. The van der Waals surface area contributed by atoms with Crippen LogP contribution in [0.25, 0.3) is 10.2 Å². The summed E-state index contributed by atoms with van der Waals surface area (Å²) in [5.41, 5.74) is 0.567. The van der Waals surface area contributed by atoms with Gasteiger partial charge in [-0.05, 0) is 11.4 Å². The summed E-state index contributed by atoms with van der Waals surface area (Å²) >= 11 is 1.36. The molecule has 0 saturated heterocycles. The second-order valence-corrected chi connectivity index (χ2v) is 4.85. The molecule has 2 aromatic heterocycles. The highest BCUT2D eigenvalue weighted by atomic mass is 32.1. The molecule has 0 saturated carbocycles. The number of carbonyl (C=O) groups is 1. The second kappa shape index (κ2) is 4.17. The number of hydrogen-bond donors (Lipinski definition) is 0. The standard InChI is InChI=1S/C11H12N2O2S/c1-7(2)9(14)5-13-6-12-8-3-4-16-10(8)11(13)15/h3-4,6-7H,5H2,1-2H3. The van der Waals surface area contributed by atoms with Gasteiger partial charge in [0.2, 0.25) is 0 Å². The number of thiophene rings is 1. The zero-order valence-electron chi connectivity index (χ0n) is 9.14. The average Bonchev–Trinajstić information content (AvgIpc) is 2.70. The first-order valence-corrected chi connectivity index (χ1v) is 5.93. The van der Waals surface area contributed by atoms with E-state index in [0.717, 1.165) is 0 Å². The zero-order valence-corrected chi connectivity index (χ0v) is 9.95. The second-order valence-electron chi connectivity index (χ2n) is 3.93. The van der Waals surface area contributed by atoms with Crippen LogP contribution in [0.1, 0.15) is 13.8 Å². The van der Waals surface area contributed by atoms with E-state index in [4.69, 9.17) is 0 Å². The van der Waals surface area contributed by atoms with Crippen LogP contribution >= 0.6 is 11.3 Å². The molecular formula is C11H12N2O2S. The van der Waals surface area contributed by atoms with Crippen molar-refractivity contribution in [1.29, 1.82) is 0 Å². The van der Waals surface area contributed by atoms with E-state index in [-0.39, 0.29) is 23.8 Å². The lowest BCUT2D eigenvalue weighted by Crippen LogP contribution is -2.26. The van der Waals surface area contributed by atoms with E-state index in [1.54, 1.807) is 6.07 Å². The van der Waals surface area contributed by atoms with Gasteiger partial charge in [0, 0.05) is 5.92 Å². The third-order valence-electron chi connectivity index (χ3n) is 2.41. The highest BCUT2D eigenvalue weighted by Crippen LogP contribution is 2.13. The first kappa shape index (κ1) is 11.0. The van der Waals surface area contributed by atoms with Crippen molar-refractivity contribution in [1.82, 2.24) is 9.55 Å². The first-order chi connectivity index (χ1) is 7.59. The zero-order chi connectivity index (χ0) is 11.7. The van der Waals surface area contributed by atoms with E-state index < -0.39 is 0 Å². The molecule has 0 aliphatic carbocycles. The average molecular weight is 236 g/mol. The van der Waals surface area contributed by atoms with Crippen molar-refractivity contribution in [3.8, 4) is 0 Å². The molecule has 0 bridgehead atoms. The van der Waals surface area contributed by atoms with Gasteiger partial charge in [0.1, 0.15) is 4.70 Å². The Morgan fingerprint density at radius 1 is 1.56 bits per heavy atom. The monoisotopic (exact) mass is 236 g/mol. The minimum absolute atomic E-state index is 0.0415. The van der Waals surface area contributed by atoms with Crippen molar-refractivity contribution < 1.29 is 4.79 Å². The van der Waals surface area contributed by atoms with Crippen LogP contribution in [0, 0.1) is 5.92 Å². The van der Waals surface area contributed by atoms with Crippen molar-refractivity contribution in [3.05, 3.63) is 28.1 Å². The first-order valence-electron chi connectivity index (χ1n) is 5.05. The summed E-state index contributed by atoms with van der Waals surface area (Å²) in [5, 5.41) is 1.83. The molecule has 2 heterocycles. The quantitative estimate of drug-likeness (QED) is 0.814. The Balaban J connectivity index is 2.42. The molecule has 0 atom stereocenters. The summed E-state index contributed by atoms with van der Waals surface area (Å²) < 4.78 is 1.99. The van der Waals surface area contributed by atoms with Crippen LogP contribution in [0.3, 0.4) is 0 Å². The number of Topliss-reactive ketones (excluding diaryl/α,β-unsaturated/α-hetero) is 1. The van der Waals surface area contributed by atoms with Gasteiger partial charge in [-0.3, -0.25) is 14.2 Å². The van der Waals surface area contributed by atoms with Crippen LogP contribution in [0.4, 0.5) is 0 Å². The summed E-state index contributed by atoms with van der Waals surface area (Å²) in [5.74, 6) is -0.0225. The summed E-state index contributed by atoms with van der Waals surface area (Å²) in [6.45, 7) is 3.76. The van der Waals surface area contributed by atoms with Gasteiger partial charge in [0.15, 0.2) is 5.78 Å². The van der Waals surface area contributed by atoms with E-state index >= 15 is 0 Å². The molecule has 84 valence electrons. The predicted molar refractivity (Wildman–Crippen MR) is 63.7 cm³/mol. The molecule has 0 aliphatic heterocycles. The van der Waals surface area contributed by atoms with Crippen LogP contribution in [-0.4, -0.2) is 15.3 Å². The normalized spacial score (nSPS) is 11.2. The van der Waals surface area contributed by atoms with Crippen LogP contribution in [-0.2, 0) is 11.3 Å². The number of ketones is 1. The molecule has 0 aromatic carbocycles. The summed E-state index contributed by atoms with van der Waals surface area (Å²) in [4.78, 5) is 27.6. The predicted octanol–water partition coefficient (Wildman–Crippen LogP) is 1.68. The van der Waals surface area contributed by atoms with Crippen molar-refractivity contribution in [2.24, 2.45) is 5.92 Å². The molecule has 4 nitrogen and oxygen atoms in total. The topological polar surface area (TPSA) is 52.0 Å². The smallest absolute Gasteiger partial charge is 0.271 e. The number of fused-ring (bicyclic) bond motifs is 1. The maximum absolute atomic E-state index is 11.9. The molecule has 0 unspecified atom stereocenters. The Bertz CT molecular complexity index is 583. The molecule has 5 heteroatoms. The van der Waals surface area contributed by atoms with Gasteiger partial charge in [0.25, 0.3) is 5.56 Å². The van der Waals surface area contributed by atoms with E-state index in [0.29, 0.717) is 10.2 Å². The minimum atomic E-state index is -0.131. The van der Waals surface area contributed by atoms with Gasteiger partial charge in [0.05, 0.1) is 18.4 Å². The van der Waals surface area contributed by atoms with Gasteiger partial charge in [-0.2, -0.15) is 0 Å². The maximum atomic E-state index is 11.9. The van der Waals surface area contributed by atoms with Gasteiger partial charge in [-0.15, -0.1) is 11.3 Å². The molecule has 0 amide bonds. The fraction of sp³-hybridized carbons (Fsp3) is 0.364. The number of aromatic nitrogens is 2. The molecule has 0 spiro atoms. The Hall–Kier alpha value is -1.49. The molecule has 2 rings (SSSR count). The van der Waals surface area contributed by atoms with Crippen molar-refractivity contribution in [2.75, 3.05) is 0 Å². The van der Waals surface area contributed by atoms with Crippen LogP contribution in [0.15, 0.2) is 22.6 Å². The molecule has 0 N–H and O–H groups in total. The summed E-state index contributed by atoms with van der Waals surface area (Å²) in [6.07, 6.45) is 1.44. The highest BCUT2D eigenvalue weighted by Gasteiger charge is 2.11. The Morgan fingerprint density at radius 3 is 3.00 bits per heavy atom.